The van der Waals surface area contributed by atoms with Crippen molar-refractivity contribution in [2.75, 3.05) is 6.26 Å². The van der Waals surface area contributed by atoms with Crippen LogP contribution in [0.1, 0.15) is 5.56 Å². The number of hydrogen-bond donors (Lipinski definition) is 1. The maximum absolute atomic E-state index is 11.3. The monoisotopic (exact) mass is 290 g/mol. The quantitative estimate of drug-likeness (QED) is 0.878. The lowest BCUT2D eigenvalue weighted by atomic mass is 10.2. The molecule has 5 nitrogen and oxygen atoms in total. The van der Waals surface area contributed by atoms with Crippen LogP contribution in [-0.4, -0.2) is 19.8 Å². The maximum atomic E-state index is 11.3. The summed E-state index contributed by atoms with van der Waals surface area (Å²) in [5, 5.41) is 17.4. The van der Waals surface area contributed by atoms with E-state index in [4.69, 9.17) is 0 Å². The van der Waals surface area contributed by atoms with Gasteiger partial charge >= 0.3 is 0 Å². The van der Waals surface area contributed by atoms with Gasteiger partial charge in [-0.15, -0.1) is 0 Å². The molecule has 6 heteroatoms. The van der Waals surface area contributed by atoms with Crippen LogP contribution in [0.3, 0.4) is 0 Å². The third-order valence-electron chi connectivity index (χ3n) is 2.72. The minimum Gasteiger partial charge on any atom is -0.508 e. The molecule has 0 saturated carbocycles. The first-order chi connectivity index (χ1) is 9.36. The van der Waals surface area contributed by atoms with Crippen LogP contribution >= 0.6 is 0 Å². The maximum Gasteiger partial charge on any atom is 0.175 e. The predicted octanol–water partition coefficient (Wildman–Crippen LogP) is 3.52. The fraction of sp³-hybridized carbons (Fsp3) is 0.143. The zero-order chi connectivity index (χ0) is 14.8. The highest BCUT2D eigenvalue weighted by Crippen LogP contribution is 2.25. The van der Waals surface area contributed by atoms with Crippen molar-refractivity contribution in [3.63, 3.8) is 0 Å². The van der Waals surface area contributed by atoms with Gasteiger partial charge in [-0.2, -0.15) is 10.2 Å². The van der Waals surface area contributed by atoms with E-state index in [1.54, 1.807) is 24.3 Å². The average molecular weight is 290 g/mol. The normalized spacial score (nSPS) is 11.9. The Labute approximate surface area is 117 Å². The molecule has 2 rings (SSSR count). The van der Waals surface area contributed by atoms with Gasteiger partial charge < -0.3 is 5.11 Å². The Bertz CT molecular complexity index is 750. The van der Waals surface area contributed by atoms with Crippen LogP contribution in [0.2, 0.25) is 0 Å². The molecule has 0 amide bonds. The van der Waals surface area contributed by atoms with Crippen molar-refractivity contribution in [3.05, 3.63) is 48.0 Å². The number of rotatable bonds is 3. The van der Waals surface area contributed by atoms with Gasteiger partial charge in [0.05, 0.1) is 16.3 Å². The Hall–Kier alpha value is -2.21. The summed E-state index contributed by atoms with van der Waals surface area (Å²) in [6, 6.07) is 11.0. The molecule has 0 aliphatic rings. The van der Waals surface area contributed by atoms with E-state index in [0.29, 0.717) is 11.4 Å². The van der Waals surface area contributed by atoms with Crippen molar-refractivity contribution < 1.29 is 13.5 Å². The summed E-state index contributed by atoms with van der Waals surface area (Å²) in [4.78, 5) is 0.247. The van der Waals surface area contributed by atoms with Crippen molar-refractivity contribution in [1.82, 2.24) is 0 Å². The van der Waals surface area contributed by atoms with Crippen LogP contribution in [0, 0.1) is 6.92 Å². The van der Waals surface area contributed by atoms with Crippen molar-refractivity contribution in [2.45, 2.75) is 11.8 Å². The lowest BCUT2D eigenvalue weighted by molar-refractivity contribution is 0.475. The summed E-state index contributed by atoms with van der Waals surface area (Å²) >= 11 is 0. The lowest BCUT2D eigenvalue weighted by Gasteiger charge is -2.00. The number of phenols is 1. The molecule has 2 aromatic carbocycles. The summed E-state index contributed by atoms with van der Waals surface area (Å²) < 4.78 is 22.6. The van der Waals surface area contributed by atoms with Gasteiger partial charge in [0.25, 0.3) is 0 Å². The van der Waals surface area contributed by atoms with E-state index >= 15 is 0 Å². The number of azo groups is 1. The summed E-state index contributed by atoms with van der Waals surface area (Å²) in [5.41, 5.74) is 2.02. The molecule has 0 aliphatic heterocycles. The molecule has 0 aromatic heterocycles. The van der Waals surface area contributed by atoms with Gasteiger partial charge in [0.1, 0.15) is 5.75 Å². The van der Waals surface area contributed by atoms with Gasteiger partial charge in [-0.25, -0.2) is 8.42 Å². The molecule has 0 aliphatic carbocycles. The first-order valence-corrected chi connectivity index (χ1v) is 7.77. The van der Waals surface area contributed by atoms with Gasteiger partial charge in [0, 0.05) is 6.26 Å². The molecule has 0 saturated heterocycles. The number of sulfone groups is 1. The van der Waals surface area contributed by atoms with E-state index in [-0.39, 0.29) is 10.6 Å². The third kappa shape index (κ3) is 3.42. The minimum atomic E-state index is -3.20. The van der Waals surface area contributed by atoms with Crippen molar-refractivity contribution in [2.24, 2.45) is 10.2 Å². The second kappa shape index (κ2) is 5.42. The number of nitrogens with zero attached hydrogens (tertiary/aromatic N) is 2. The molecule has 20 heavy (non-hydrogen) atoms. The molecule has 0 unspecified atom stereocenters. The molecule has 0 spiro atoms. The zero-order valence-corrected chi connectivity index (χ0v) is 11.9. The van der Waals surface area contributed by atoms with Crippen LogP contribution in [-0.2, 0) is 9.84 Å². The number of hydrogen-bond acceptors (Lipinski definition) is 5. The van der Waals surface area contributed by atoms with E-state index < -0.39 is 9.84 Å². The van der Waals surface area contributed by atoms with Crippen LogP contribution in [0.25, 0.3) is 0 Å². The lowest BCUT2D eigenvalue weighted by Crippen LogP contribution is -1.95. The molecule has 0 atom stereocenters. The molecule has 0 fully saturated rings. The van der Waals surface area contributed by atoms with Gasteiger partial charge in [0.2, 0.25) is 0 Å². The van der Waals surface area contributed by atoms with E-state index in [0.717, 1.165) is 11.8 Å². The minimum absolute atomic E-state index is 0.180. The van der Waals surface area contributed by atoms with Crippen LogP contribution in [0.5, 0.6) is 5.75 Å². The SMILES string of the molecule is Cc1cc(O)ccc1N=Nc1ccc(S(C)(=O)=O)cc1. The molecule has 0 bridgehead atoms. The van der Waals surface area contributed by atoms with Crippen LogP contribution in [0.4, 0.5) is 11.4 Å². The fourth-order valence-corrected chi connectivity index (χ4v) is 2.25. The van der Waals surface area contributed by atoms with E-state index in [2.05, 4.69) is 10.2 Å². The average Bonchev–Trinajstić information content (AvgIpc) is 2.37. The van der Waals surface area contributed by atoms with E-state index in [9.17, 15) is 13.5 Å². The second-order valence-corrected chi connectivity index (χ2v) is 6.45. The van der Waals surface area contributed by atoms with Crippen LogP contribution in [0.15, 0.2) is 57.6 Å². The number of aromatic hydroxyl groups is 1. The zero-order valence-electron chi connectivity index (χ0n) is 11.1. The Morgan fingerprint density at radius 1 is 1.00 bits per heavy atom. The Kier molecular flexibility index (Phi) is 3.85. The highest BCUT2D eigenvalue weighted by molar-refractivity contribution is 7.90. The van der Waals surface area contributed by atoms with E-state index in [1.807, 2.05) is 6.92 Å². The van der Waals surface area contributed by atoms with Crippen molar-refractivity contribution in [3.8, 4) is 5.75 Å². The Morgan fingerprint density at radius 2 is 1.65 bits per heavy atom. The van der Waals surface area contributed by atoms with Crippen LogP contribution < -0.4 is 0 Å². The first kappa shape index (κ1) is 14.2. The topological polar surface area (TPSA) is 79.1 Å². The summed E-state index contributed by atoms with van der Waals surface area (Å²) in [6.07, 6.45) is 1.16. The van der Waals surface area contributed by atoms with E-state index in [1.165, 1.54) is 18.2 Å². The first-order valence-electron chi connectivity index (χ1n) is 5.88. The third-order valence-corrected chi connectivity index (χ3v) is 3.85. The Morgan fingerprint density at radius 3 is 2.20 bits per heavy atom. The largest absolute Gasteiger partial charge is 0.508 e. The molecule has 0 heterocycles. The van der Waals surface area contributed by atoms with Gasteiger partial charge in [-0.3, -0.25) is 0 Å². The standard InChI is InChI=1S/C14H14N2O3S/c1-10-9-12(17)5-8-14(10)16-15-11-3-6-13(7-4-11)20(2,18)19/h3-9,17H,1-2H3. The van der Waals surface area contributed by atoms with Crippen molar-refractivity contribution >= 4 is 21.2 Å². The smallest absolute Gasteiger partial charge is 0.175 e. The van der Waals surface area contributed by atoms with Crippen molar-refractivity contribution in [1.29, 1.82) is 0 Å². The molecular formula is C14H14N2O3S. The summed E-state index contributed by atoms with van der Waals surface area (Å²) in [7, 11) is -3.20. The number of benzene rings is 2. The van der Waals surface area contributed by atoms with Gasteiger partial charge in [-0.1, -0.05) is 0 Å². The summed E-state index contributed by atoms with van der Waals surface area (Å²) in [6.45, 7) is 1.82. The fourth-order valence-electron chi connectivity index (χ4n) is 1.62. The van der Waals surface area contributed by atoms with Gasteiger partial charge in [0.15, 0.2) is 9.84 Å². The predicted molar refractivity (Wildman–Crippen MR) is 76.6 cm³/mol. The number of aryl methyl sites for hydroxylation is 1. The molecular weight excluding hydrogens is 276 g/mol. The molecule has 2 aromatic rings. The molecule has 1 N–H and O–H groups in total. The summed E-state index contributed by atoms with van der Waals surface area (Å²) in [5.74, 6) is 0.180. The second-order valence-electron chi connectivity index (χ2n) is 4.44. The van der Waals surface area contributed by atoms with Gasteiger partial charge in [-0.05, 0) is 55.0 Å². The highest BCUT2D eigenvalue weighted by Gasteiger charge is 2.05. The molecule has 104 valence electrons. The highest BCUT2D eigenvalue weighted by atomic mass is 32.2. The number of phenolic OH excluding ortho intramolecular Hbond substituents is 1. The molecule has 0 radical (unpaired) electrons. The Balaban J connectivity index is 2.24.